The summed E-state index contributed by atoms with van der Waals surface area (Å²) in [5.74, 6) is -0.592. The third kappa shape index (κ3) is 3.98. The molecule has 2 heterocycles. The third-order valence-corrected chi connectivity index (χ3v) is 4.39. The van der Waals surface area contributed by atoms with E-state index in [1.807, 2.05) is 36.4 Å². The van der Waals surface area contributed by atoms with Crippen LogP contribution < -0.4 is 10.1 Å². The number of imidazole rings is 1. The molecule has 0 atom stereocenters. The van der Waals surface area contributed by atoms with Crippen LogP contribution in [0.4, 0.5) is 19.0 Å². The second-order valence-corrected chi connectivity index (χ2v) is 6.43. The Morgan fingerprint density at radius 1 is 0.967 bits per heavy atom. The van der Waals surface area contributed by atoms with E-state index < -0.39 is 30.0 Å². The number of nitrogens with one attached hydrogen (secondary N) is 1. The topological polar surface area (TPSA) is 55.6 Å². The van der Waals surface area contributed by atoms with E-state index in [1.165, 1.54) is 18.2 Å². The Morgan fingerprint density at radius 2 is 1.67 bits per heavy atom. The number of para-hydroxylation sites is 1. The van der Waals surface area contributed by atoms with Gasteiger partial charge in [-0.2, -0.15) is 13.2 Å². The molecule has 0 bridgehead atoms. The smallest absolute Gasteiger partial charge is 0.419 e. The lowest BCUT2D eigenvalue weighted by atomic mass is 10.1. The van der Waals surface area contributed by atoms with Crippen molar-refractivity contribution in [2.24, 2.45) is 0 Å². The lowest BCUT2D eigenvalue weighted by Crippen LogP contribution is -2.22. The van der Waals surface area contributed by atoms with Crippen LogP contribution in [0, 0.1) is 0 Å². The second kappa shape index (κ2) is 7.90. The van der Waals surface area contributed by atoms with Gasteiger partial charge in [-0.05, 0) is 24.3 Å². The minimum absolute atomic E-state index is 0.401. The fourth-order valence-corrected chi connectivity index (χ4v) is 3.05. The van der Waals surface area contributed by atoms with Crippen LogP contribution in [0.1, 0.15) is 5.56 Å². The molecule has 152 valence electrons. The highest BCUT2D eigenvalue weighted by molar-refractivity contribution is 5.95. The maximum absolute atomic E-state index is 13.1. The quantitative estimate of drug-likeness (QED) is 0.501. The summed E-state index contributed by atoms with van der Waals surface area (Å²) in [6, 6.07) is 19.4. The van der Waals surface area contributed by atoms with Gasteiger partial charge in [0.25, 0.3) is 5.91 Å². The van der Waals surface area contributed by atoms with Crippen LogP contribution in [0.2, 0.25) is 0 Å². The van der Waals surface area contributed by atoms with Crippen LogP contribution in [0.3, 0.4) is 0 Å². The molecule has 4 aromatic rings. The number of pyridine rings is 1. The van der Waals surface area contributed by atoms with Gasteiger partial charge in [-0.25, -0.2) is 4.98 Å². The van der Waals surface area contributed by atoms with Crippen molar-refractivity contribution in [1.29, 1.82) is 0 Å². The summed E-state index contributed by atoms with van der Waals surface area (Å²) in [6.45, 7) is -0.582. The summed E-state index contributed by atoms with van der Waals surface area (Å²) < 4.78 is 46.2. The predicted molar refractivity (Wildman–Crippen MR) is 106 cm³/mol. The van der Waals surface area contributed by atoms with E-state index in [-0.39, 0.29) is 0 Å². The first-order valence-electron chi connectivity index (χ1n) is 9.05. The highest BCUT2D eigenvalue weighted by atomic mass is 19.4. The van der Waals surface area contributed by atoms with Crippen molar-refractivity contribution < 1.29 is 22.7 Å². The SMILES string of the molecule is O=C(COc1ccccc1C(F)(F)F)Nc1c(-c2ccccc2)nc2ccccn12. The Balaban J connectivity index is 1.59. The maximum Gasteiger partial charge on any atom is 0.419 e. The van der Waals surface area contributed by atoms with Crippen molar-refractivity contribution in [2.45, 2.75) is 6.18 Å². The molecule has 4 rings (SSSR count). The number of halogens is 3. The fraction of sp³-hybridized carbons (Fsp3) is 0.0909. The number of hydrogen-bond acceptors (Lipinski definition) is 3. The molecule has 0 spiro atoms. The number of benzene rings is 2. The standard InChI is InChI=1S/C22H16F3N3O2/c23-22(24,25)16-10-4-5-11-17(16)30-14-19(29)27-21-20(15-8-2-1-3-9-15)26-18-12-6-7-13-28(18)21/h1-13H,14H2,(H,27,29). The van der Waals surface area contributed by atoms with E-state index in [2.05, 4.69) is 10.3 Å². The highest BCUT2D eigenvalue weighted by Crippen LogP contribution is 2.36. The number of anilines is 1. The lowest BCUT2D eigenvalue weighted by molar-refractivity contribution is -0.139. The first-order chi connectivity index (χ1) is 14.4. The van der Waals surface area contributed by atoms with Crippen molar-refractivity contribution >= 4 is 17.4 Å². The second-order valence-electron chi connectivity index (χ2n) is 6.43. The minimum Gasteiger partial charge on any atom is -0.483 e. The van der Waals surface area contributed by atoms with Gasteiger partial charge in [-0.15, -0.1) is 0 Å². The fourth-order valence-electron chi connectivity index (χ4n) is 3.05. The number of aromatic nitrogens is 2. The number of nitrogens with zero attached hydrogens (tertiary/aromatic N) is 2. The molecular weight excluding hydrogens is 395 g/mol. The first-order valence-corrected chi connectivity index (χ1v) is 9.05. The summed E-state index contributed by atoms with van der Waals surface area (Å²) >= 11 is 0. The van der Waals surface area contributed by atoms with Crippen LogP contribution in [-0.4, -0.2) is 21.9 Å². The van der Waals surface area contributed by atoms with Crippen molar-refractivity contribution in [3.63, 3.8) is 0 Å². The number of hydrogen-bond donors (Lipinski definition) is 1. The molecule has 1 amide bonds. The zero-order valence-electron chi connectivity index (χ0n) is 15.6. The molecule has 0 aliphatic heterocycles. The molecule has 0 unspecified atom stereocenters. The van der Waals surface area contributed by atoms with E-state index in [4.69, 9.17) is 4.74 Å². The summed E-state index contributed by atoms with van der Waals surface area (Å²) in [4.78, 5) is 17.1. The third-order valence-electron chi connectivity index (χ3n) is 4.39. The van der Waals surface area contributed by atoms with Gasteiger partial charge in [0.2, 0.25) is 0 Å². The molecule has 2 aromatic heterocycles. The predicted octanol–water partition coefficient (Wildman–Crippen LogP) is 5.04. The van der Waals surface area contributed by atoms with Crippen molar-refractivity contribution in [1.82, 2.24) is 9.38 Å². The number of fused-ring (bicyclic) bond motifs is 1. The monoisotopic (exact) mass is 411 g/mol. The van der Waals surface area contributed by atoms with Gasteiger partial charge in [0.15, 0.2) is 6.61 Å². The number of carbonyl (C=O) groups is 1. The van der Waals surface area contributed by atoms with Crippen molar-refractivity contribution in [2.75, 3.05) is 11.9 Å². The van der Waals surface area contributed by atoms with E-state index in [0.29, 0.717) is 17.2 Å². The molecule has 0 saturated carbocycles. The highest BCUT2D eigenvalue weighted by Gasteiger charge is 2.34. The Hall–Kier alpha value is -3.81. The van der Waals surface area contributed by atoms with Gasteiger partial charge in [0.1, 0.15) is 22.9 Å². The molecule has 0 fully saturated rings. The Morgan fingerprint density at radius 3 is 2.43 bits per heavy atom. The molecule has 30 heavy (non-hydrogen) atoms. The maximum atomic E-state index is 13.1. The Kier molecular flexibility index (Phi) is 5.14. The van der Waals surface area contributed by atoms with Crippen LogP contribution in [0.15, 0.2) is 79.0 Å². The van der Waals surface area contributed by atoms with Crippen LogP contribution in [0.25, 0.3) is 16.9 Å². The molecule has 8 heteroatoms. The average molecular weight is 411 g/mol. The van der Waals surface area contributed by atoms with E-state index in [1.54, 1.807) is 22.7 Å². The average Bonchev–Trinajstić information content (AvgIpc) is 3.11. The Labute approximate surface area is 169 Å². The molecule has 5 nitrogen and oxygen atoms in total. The van der Waals surface area contributed by atoms with Crippen LogP contribution in [0.5, 0.6) is 5.75 Å². The number of alkyl halides is 3. The molecular formula is C22H16F3N3O2. The summed E-state index contributed by atoms with van der Waals surface area (Å²) in [7, 11) is 0. The van der Waals surface area contributed by atoms with Crippen molar-refractivity contribution in [3.8, 4) is 17.0 Å². The van der Waals surface area contributed by atoms with Crippen molar-refractivity contribution in [3.05, 3.63) is 84.6 Å². The lowest BCUT2D eigenvalue weighted by Gasteiger charge is -2.14. The molecule has 0 aliphatic rings. The van der Waals surface area contributed by atoms with E-state index in [0.717, 1.165) is 11.6 Å². The normalized spacial score (nSPS) is 11.4. The summed E-state index contributed by atoms with van der Waals surface area (Å²) in [5, 5.41) is 2.72. The van der Waals surface area contributed by atoms with Gasteiger partial charge in [0, 0.05) is 11.8 Å². The zero-order chi connectivity index (χ0) is 21.1. The molecule has 2 aromatic carbocycles. The van der Waals surface area contributed by atoms with Crippen LogP contribution >= 0.6 is 0 Å². The van der Waals surface area contributed by atoms with Gasteiger partial charge in [0.05, 0.1) is 5.56 Å². The number of rotatable bonds is 5. The Bertz CT molecular complexity index is 1190. The minimum atomic E-state index is -4.57. The van der Waals surface area contributed by atoms with E-state index in [9.17, 15) is 18.0 Å². The summed E-state index contributed by atoms with van der Waals surface area (Å²) in [5.41, 5.74) is 1.03. The number of amides is 1. The van der Waals surface area contributed by atoms with Gasteiger partial charge >= 0.3 is 6.18 Å². The zero-order valence-corrected chi connectivity index (χ0v) is 15.6. The van der Waals surface area contributed by atoms with Gasteiger partial charge in [-0.3, -0.25) is 9.20 Å². The molecule has 0 aliphatic carbocycles. The van der Waals surface area contributed by atoms with E-state index >= 15 is 0 Å². The molecule has 0 radical (unpaired) electrons. The first kappa shape index (κ1) is 19.5. The molecule has 1 N–H and O–H groups in total. The molecule has 0 saturated heterocycles. The summed E-state index contributed by atoms with van der Waals surface area (Å²) in [6.07, 6.45) is -2.83. The largest absolute Gasteiger partial charge is 0.483 e. The van der Waals surface area contributed by atoms with Gasteiger partial charge < -0.3 is 10.1 Å². The van der Waals surface area contributed by atoms with Gasteiger partial charge in [-0.1, -0.05) is 48.5 Å². The number of carbonyl (C=O) groups excluding carboxylic acids is 1. The number of ether oxygens (including phenoxy) is 1. The van der Waals surface area contributed by atoms with Crippen LogP contribution in [-0.2, 0) is 11.0 Å².